The number of benzene rings is 1. The zero-order valence-electron chi connectivity index (χ0n) is 14.1. The van der Waals surface area contributed by atoms with E-state index in [1.807, 2.05) is 0 Å². The third-order valence-electron chi connectivity index (χ3n) is 3.56. The van der Waals surface area contributed by atoms with Gasteiger partial charge in [0, 0.05) is 23.9 Å². The lowest BCUT2D eigenvalue weighted by atomic mass is 10.2. The maximum Gasteiger partial charge on any atom is 0.296 e. The van der Waals surface area contributed by atoms with Crippen LogP contribution in [0, 0.1) is 0 Å². The Balaban J connectivity index is 2.02. The third-order valence-corrected chi connectivity index (χ3v) is 4.08. The van der Waals surface area contributed by atoms with Crippen LogP contribution in [0.15, 0.2) is 54.8 Å². The number of fused-ring (bicyclic) bond motifs is 1. The van der Waals surface area contributed by atoms with E-state index in [1.165, 1.54) is 6.33 Å². The highest BCUT2D eigenvalue weighted by Crippen LogP contribution is 2.35. The lowest BCUT2D eigenvalue weighted by molar-refractivity contribution is 0.356. The smallest absolute Gasteiger partial charge is 0.296 e. The Labute approximate surface area is 150 Å². The fraction of sp³-hybridized carbons (Fsp3) is 0.125. The zero-order chi connectivity index (χ0) is 18.7. The van der Waals surface area contributed by atoms with Crippen LogP contribution in [0.25, 0.3) is 10.9 Å². The molecule has 1 aliphatic rings. The van der Waals surface area contributed by atoms with Crippen LogP contribution in [0.4, 0.5) is 5.82 Å². The van der Waals surface area contributed by atoms with E-state index >= 15 is 0 Å². The predicted molar refractivity (Wildman–Crippen MR) is 97.7 cm³/mol. The summed E-state index contributed by atoms with van der Waals surface area (Å²) in [6.45, 7) is 0. The summed E-state index contributed by atoms with van der Waals surface area (Å²) in [7, 11) is -0.748. The molecule has 0 aliphatic carbocycles. The summed E-state index contributed by atoms with van der Waals surface area (Å²) in [4.78, 5) is 10.3. The van der Waals surface area contributed by atoms with Crippen molar-refractivity contribution in [2.75, 3.05) is 19.1 Å². The summed E-state index contributed by atoms with van der Waals surface area (Å²) in [5, 5.41) is 5.74. The first-order valence-corrected chi connectivity index (χ1v) is 8.98. The number of nitrogens with two attached hydrogens (primary N) is 1. The largest absolute Gasteiger partial charge is 0.493 e. The Hall–Kier alpha value is -3.11. The van der Waals surface area contributed by atoms with Gasteiger partial charge in [-0.1, -0.05) is 0 Å². The second kappa shape index (κ2) is 7.02. The summed E-state index contributed by atoms with van der Waals surface area (Å²) < 4.78 is 35.2. The van der Waals surface area contributed by atoms with E-state index in [2.05, 4.69) is 14.7 Å². The molecular weight excluding hydrogens is 358 g/mol. The molecule has 0 amide bonds. The van der Waals surface area contributed by atoms with Gasteiger partial charge in [0.05, 0.1) is 25.4 Å². The Kier molecular flexibility index (Phi) is 4.78. The van der Waals surface area contributed by atoms with E-state index in [1.54, 1.807) is 61.9 Å². The number of nitrogens with zero attached hydrogens (tertiary/aromatic N) is 3. The summed E-state index contributed by atoms with van der Waals surface area (Å²) in [6.07, 6.45) is 9.64. The SMILES string of the molecule is COc1cc2ncnc(N3C=CC=C(NS(N)(=O)=O)C=C3)c2cc1OC. The van der Waals surface area contributed by atoms with Crippen molar-refractivity contribution in [2.45, 2.75) is 0 Å². The monoisotopic (exact) mass is 375 g/mol. The highest BCUT2D eigenvalue weighted by Gasteiger charge is 2.14. The van der Waals surface area contributed by atoms with E-state index in [-0.39, 0.29) is 0 Å². The van der Waals surface area contributed by atoms with Gasteiger partial charge < -0.3 is 14.4 Å². The summed E-state index contributed by atoms with van der Waals surface area (Å²) in [5.74, 6) is 1.70. The van der Waals surface area contributed by atoms with Crippen LogP contribution in [0.5, 0.6) is 11.5 Å². The molecule has 0 bridgehead atoms. The zero-order valence-corrected chi connectivity index (χ0v) is 14.9. The van der Waals surface area contributed by atoms with Crippen LogP contribution in [0.1, 0.15) is 0 Å². The standard InChI is InChI=1S/C16H17N5O4S/c1-24-14-8-12-13(9-15(14)25-2)18-10-19-16(12)21-6-3-4-11(5-7-21)20-26(17,22)23/h3-10,20H,1-2H3,(H2,17,22,23). The van der Waals surface area contributed by atoms with Crippen LogP contribution in [-0.2, 0) is 10.2 Å². The minimum Gasteiger partial charge on any atom is -0.493 e. The molecular formula is C16H17N5O4S. The van der Waals surface area contributed by atoms with Gasteiger partial charge in [0.15, 0.2) is 11.5 Å². The van der Waals surface area contributed by atoms with Crippen LogP contribution in [0.3, 0.4) is 0 Å². The van der Waals surface area contributed by atoms with Crippen LogP contribution in [-0.4, -0.2) is 32.6 Å². The van der Waals surface area contributed by atoms with E-state index in [9.17, 15) is 8.42 Å². The second-order valence-electron chi connectivity index (χ2n) is 5.26. The first kappa shape index (κ1) is 17.7. The molecule has 1 aliphatic heterocycles. The molecule has 0 fully saturated rings. The molecule has 3 rings (SSSR count). The van der Waals surface area contributed by atoms with Gasteiger partial charge >= 0.3 is 0 Å². The highest BCUT2D eigenvalue weighted by atomic mass is 32.2. The van der Waals surface area contributed by atoms with Gasteiger partial charge in [-0.15, -0.1) is 0 Å². The van der Waals surface area contributed by atoms with E-state index in [0.717, 1.165) is 5.39 Å². The van der Waals surface area contributed by atoms with Gasteiger partial charge in [0.2, 0.25) is 0 Å². The van der Waals surface area contributed by atoms with Crippen molar-refractivity contribution < 1.29 is 17.9 Å². The van der Waals surface area contributed by atoms with Crippen molar-refractivity contribution >= 4 is 26.9 Å². The van der Waals surface area contributed by atoms with Gasteiger partial charge in [0.25, 0.3) is 10.2 Å². The van der Waals surface area contributed by atoms with Gasteiger partial charge in [0.1, 0.15) is 12.1 Å². The normalized spacial score (nSPS) is 14.1. The number of methoxy groups -OCH3 is 2. The van der Waals surface area contributed by atoms with Crippen LogP contribution >= 0.6 is 0 Å². The molecule has 0 saturated heterocycles. The Morgan fingerprint density at radius 3 is 2.54 bits per heavy atom. The number of anilines is 1. The fourth-order valence-electron chi connectivity index (χ4n) is 2.45. The summed E-state index contributed by atoms with van der Waals surface area (Å²) >= 11 is 0. The second-order valence-corrected chi connectivity index (χ2v) is 6.55. The molecule has 0 spiro atoms. The fourth-order valence-corrected chi connectivity index (χ4v) is 2.92. The van der Waals surface area contributed by atoms with E-state index in [0.29, 0.717) is 28.5 Å². The minimum atomic E-state index is -3.85. The molecule has 3 N–H and O–H groups in total. The molecule has 0 atom stereocenters. The number of allylic oxidation sites excluding steroid dienone is 3. The average molecular weight is 375 g/mol. The Morgan fingerprint density at radius 1 is 1.12 bits per heavy atom. The van der Waals surface area contributed by atoms with Gasteiger partial charge in [-0.25, -0.2) is 15.1 Å². The number of rotatable bonds is 5. The summed E-state index contributed by atoms with van der Waals surface area (Å²) in [6, 6.07) is 3.55. The molecule has 1 aromatic carbocycles. The van der Waals surface area contributed by atoms with E-state index < -0.39 is 10.2 Å². The first-order chi connectivity index (χ1) is 12.4. The van der Waals surface area contributed by atoms with Crippen molar-refractivity contribution in [1.82, 2.24) is 14.7 Å². The van der Waals surface area contributed by atoms with Crippen molar-refractivity contribution in [2.24, 2.45) is 5.14 Å². The lowest BCUT2D eigenvalue weighted by Crippen LogP contribution is -2.29. The lowest BCUT2D eigenvalue weighted by Gasteiger charge is -2.17. The average Bonchev–Trinajstić information content (AvgIpc) is 2.83. The topological polar surface area (TPSA) is 120 Å². The van der Waals surface area contributed by atoms with Crippen molar-refractivity contribution in [3.63, 3.8) is 0 Å². The van der Waals surface area contributed by atoms with Crippen LogP contribution < -0.4 is 24.2 Å². The van der Waals surface area contributed by atoms with E-state index in [4.69, 9.17) is 14.6 Å². The molecule has 10 heteroatoms. The van der Waals surface area contributed by atoms with Crippen molar-refractivity contribution in [1.29, 1.82) is 0 Å². The number of nitrogens with one attached hydrogen (secondary N) is 1. The molecule has 0 saturated carbocycles. The Morgan fingerprint density at radius 2 is 1.85 bits per heavy atom. The number of aromatic nitrogens is 2. The van der Waals surface area contributed by atoms with Crippen molar-refractivity contribution in [3.8, 4) is 11.5 Å². The van der Waals surface area contributed by atoms with Crippen LogP contribution in [0.2, 0.25) is 0 Å². The molecule has 0 unspecified atom stereocenters. The van der Waals surface area contributed by atoms with Gasteiger partial charge in [-0.05, 0) is 24.3 Å². The molecule has 26 heavy (non-hydrogen) atoms. The predicted octanol–water partition coefficient (Wildman–Crippen LogP) is 1.17. The third kappa shape index (κ3) is 3.76. The molecule has 136 valence electrons. The van der Waals surface area contributed by atoms with Crippen molar-refractivity contribution in [3.05, 3.63) is 54.8 Å². The minimum absolute atomic E-state index is 0.323. The maximum atomic E-state index is 11.2. The highest BCUT2D eigenvalue weighted by molar-refractivity contribution is 7.87. The molecule has 0 radical (unpaired) electrons. The molecule has 9 nitrogen and oxygen atoms in total. The quantitative estimate of drug-likeness (QED) is 0.805. The summed E-state index contributed by atoms with van der Waals surface area (Å²) in [5.41, 5.74) is 0.999. The number of hydrogen-bond acceptors (Lipinski definition) is 7. The molecule has 1 aromatic heterocycles. The molecule has 2 heterocycles. The Bertz CT molecular complexity index is 1030. The molecule has 2 aromatic rings. The van der Waals surface area contributed by atoms with Gasteiger partial charge in [-0.2, -0.15) is 8.42 Å². The maximum absolute atomic E-state index is 11.2. The first-order valence-electron chi connectivity index (χ1n) is 7.43. The number of hydrogen-bond donors (Lipinski definition) is 2. The number of ether oxygens (including phenoxy) is 2. The van der Waals surface area contributed by atoms with Gasteiger partial charge in [-0.3, -0.25) is 4.72 Å².